The number of amides is 2. The molecule has 3 aliphatic heterocycles. The van der Waals surface area contributed by atoms with Gasteiger partial charge >= 0.3 is 0 Å². The van der Waals surface area contributed by atoms with Gasteiger partial charge in [0.15, 0.2) is 0 Å². The molecule has 0 aliphatic carbocycles. The van der Waals surface area contributed by atoms with Gasteiger partial charge in [0, 0.05) is 36.1 Å². The molecule has 0 unspecified atom stereocenters. The molecule has 0 aromatic heterocycles. The molecule has 180 valence electrons. The van der Waals surface area contributed by atoms with Crippen molar-refractivity contribution in [2.75, 3.05) is 32.8 Å². The predicted molar refractivity (Wildman–Crippen MR) is 118 cm³/mol. The Labute approximate surface area is 196 Å². The van der Waals surface area contributed by atoms with E-state index in [1.807, 2.05) is 13.8 Å². The van der Waals surface area contributed by atoms with Gasteiger partial charge in [0.1, 0.15) is 5.82 Å². The summed E-state index contributed by atoms with van der Waals surface area (Å²) in [5.41, 5.74) is -1.72. The number of rotatable bonds is 3. The molecule has 3 heterocycles. The minimum atomic E-state index is -3.15. The van der Waals surface area contributed by atoms with Crippen LogP contribution in [0.1, 0.15) is 38.2 Å². The summed E-state index contributed by atoms with van der Waals surface area (Å²) < 4.78 is 51.1. The summed E-state index contributed by atoms with van der Waals surface area (Å²) in [6.07, 6.45) is 1.52. The first kappa shape index (κ1) is 24.1. The third-order valence-corrected chi connectivity index (χ3v) is 7.68. The Kier molecular flexibility index (Phi) is 6.06. The van der Waals surface area contributed by atoms with Gasteiger partial charge in [0.25, 0.3) is 5.92 Å². The summed E-state index contributed by atoms with van der Waals surface area (Å²) in [6, 6.07) is 4.35. The number of likely N-dealkylation sites (tertiary alicyclic amines) is 2. The molecule has 3 aliphatic rings. The summed E-state index contributed by atoms with van der Waals surface area (Å²) in [4.78, 5) is 27.7. The summed E-state index contributed by atoms with van der Waals surface area (Å²) in [6.45, 7) is 6.38. The quantitative estimate of drug-likeness (QED) is 0.602. The van der Waals surface area contributed by atoms with Gasteiger partial charge in [-0.3, -0.25) is 9.59 Å². The van der Waals surface area contributed by atoms with Crippen LogP contribution < -0.4 is 0 Å². The Hall–Kier alpha value is -2.06. The molecule has 9 heteroatoms. The molecule has 5 nitrogen and oxygen atoms in total. The van der Waals surface area contributed by atoms with Gasteiger partial charge in [0.2, 0.25) is 11.8 Å². The third kappa shape index (κ3) is 4.16. The van der Waals surface area contributed by atoms with Crippen LogP contribution in [0.4, 0.5) is 13.2 Å². The van der Waals surface area contributed by atoms with Crippen LogP contribution in [0.25, 0.3) is 0 Å². The number of carbonyl (C=O) groups excluding carboxylic acids is 2. The first-order chi connectivity index (χ1) is 15.4. The molecule has 1 aromatic rings. The highest BCUT2D eigenvalue weighted by Gasteiger charge is 2.64. The highest BCUT2D eigenvalue weighted by atomic mass is 35.5. The van der Waals surface area contributed by atoms with Crippen molar-refractivity contribution in [2.45, 2.75) is 44.1 Å². The fourth-order valence-electron chi connectivity index (χ4n) is 5.37. The lowest BCUT2D eigenvalue weighted by atomic mass is 9.68. The summed E-state index contributed by atoms with van der Waals surface area (Å²) >= 11 is 6.31. The van der Waals surface area contributed by atoms with Gasteiger partial charge in [-0.2, -0.15) is 0 Å². The largest absolute Gasteiger partial charge is 0.375 e. The van der Waals surface area contributed by atoms with Crippen LogP contribution >= 0.6 is 11.6 Å². The normalized spacial score (nSPS) is 27.7. The standard InChI is InChI=1S/C24H28ClF3N2O3/c1-4-19(31)30-12-23(13-30)8-9-29(14-24(23,27)28)21(32)16-11-33-22(2,3)10-15(16)20-17(25)6-5-7-18(20)26/h4-7,15-16H,1,8-14H2,2-3H3/t15-,16-/m0/s1. The molecular formula is C24H28ClF3N2O3. The van der Waals surface area contributed by atoms with Gasteiger partial charge in [-0.05, 0) is 44.9 Å². The Balaban J connectivity index is 1.55. The van der Waals surface area contributed by atoms with Gasteiger partial charge in [-0.15, -0.1) is 0 Å². The van der Waals surface area contributed by atoms with E-state index in [2.05, 4.69) is 6.58 Å². The Morgan fingerprint density at radius 1 is 1.21 bits per heavy atom. The Bertz CT molecular complexity index is 957. The monoisotopic (exact) mass is 484 g/mol. The maximum atomic E-state index is 15.2. The zero-order valence-electron chi connectivity index (χ0n) is 18.8. The van der Waals surface area contributed by atoms with E-state index in [9.17, 15) is 14.0 Å². The average Bonchev–Trinajstić information content (AvgIpc) is 2.70. The maximum absolute atomic E-state index is 15.2. The van der Waals surface area contributed by atoms with Crippen molar-refractivity contribution in [2.24, 2.45) is 11.3 Å². The van der Waals surface area contributed by atoms with E-state index in [0.717, 1.165) is 11.0 Å². The smallest absolute Gasteiger partial charge is 0.274 e. The van der Waals surface area contributed by atoms with Crippen LogP contribution in [0, 0.1) is 17.2 Å². The van der Waals surface area contributed by atoms with Crippen molar-refractivity contribution in [3.05, 3.63) is 47.3 Å². The predicted octanol–water partition coefficient (Wildman–Crippen LogP) is 4.26. The number of ether oxygens (including phenoxy) is 1. The number of piperidine rings is 1. The van der Waals surface area contributed by atoms with Gasteiger partial charge < -0.3 is 14.5 Å². The van der Waals surface area contributed by atoms with Crippen LogP contribution in [-0.4, -0.2) is 65.9 Å². The second-order valence-corrected chi connectivity index (χ2v) is 10.4. The maximum Gasteiger partial charge on any atom is 0.274 e. The zero-order valence-corrected chi connectivity index (χ0v) is 19.5. The van der Waals surface area contributed by atoms with E-state index in [-0.39, 0.29) is 49.2 Å². The molecule has 33 heavy (non-hydrogen) atoms. The van der Waals surface area contributed by atoms with Crippen molar-refractivity contribution in [1.82, 2.24) is 9.80 Å². The molecule has 4 rings (SSSR count). The summed E-state index contributed by atoms with van der Waals surface area (Å²) in [7, 11) is 0. The van der Waals surface area contributed by atoms with E-state index >= 15 is 8.78 Å². The number of alkyl halides is 2. The lowest BCUT2D eigenvalue weighted by Crippen LogP contribution is -2.71. The number of hydrogen-bond acceptors (Lipinski definition) is 3. The first-order valence-corrected chi connectivity index (χ1v) is 11.4. The van der Waals surface area contributed by atoms with Crippen LogP contribution in [0.3, 0.4) is 0 Å². The van der Waals surface area contributed by atoms with Gasteiger partial charge in [-0.1, -0.05) is 24.2 Å². The summed E-state index contributed by atoms with van der Waals surface area (Å²) in [5, 5.41) is 0.208. The van der Waals surface area contributed by atoms with E-state index in [0.29, 0.717) is 6.42 Å². The average molecular weight is 485 g/mol. The topological polar surface area (TPSA) is 49.9 Å². The summed E-state index contributed by atoms with van der Waals surface area (Å²) in [5.74, 6) is -5.95. The Morgan fingerprint density at radius 2 is 1.91 bits per heavy atom. The van der Waals surface area contributed by atoms with Crippen molar-refractivity contribution < 1.29 is 27.5 Å². The third-order valence-electron chi connectivity index (χ3n) is 7.35. The zero-order chi connectivity index (χ0) is 24.2. The molecule has 3 saturated heterocycles. The van der Waals surface area contributed by atoms with Crippen molar-refractivity contribution in [3.8, 4) is 0 Å². The van der Waals surface area contributed by atoms with Crippen LogP contribution in [0.15, 0.2) is 30.9 Å². The van der Waals surface area contributed by atoms with Gasteiger partial charge in [0.05, 0.1) is 30.1 Å². The minimum absolute atomic E-state index is 0.00398. The van der Waals surface area contributed by atoms with E-state index in [1.165, 1.54) is 17.0 Å². The molecule has 0 N–H and O–H groups in total. The lowest BCUT2D eigenvalue weighted by Gasteiger charge is -2.57. The Morgan fingerprint density at radius 3 is 2.52 bits per heavy atom. The highest BCUT2D eigenvalue weighted by Crippen LogP contribution is 2.51. The van der Waals surface area contributed by atoms with Crippen molar-refractivity contribution in [1.29, 1.82) is 0 Å². The molecule has 3 fully saturated rings. The van der Waals surface area contributed by atoms with Crippen molar-refractivity contribution in [3.63, 3.8) is 0 Å². The van der Waals surface area contributed by atoms with Crippen LogP contribution in [0.5, 0.6) is 0 Å². The number of nitrogens with zero attached hydrogens (tertiary/aromatic N) is 2. The van der Waals surface area contributed by atoms with Crippen LogP contribution in [-0.2, 0) is 14.3 Å². The van der Waals surface area contributed by atoms with E-state index in [4.69, 9.17) is 16.3 Å². The highest BCUT2D eigenvalue weighted by molar-refractivity contribution is 6.31. The first-order valence-electron chi connectivity index (χ1n) is 11.1. The molecule has 1 spiro atoms. The van der Waals surface area contributed by atoms with E-state index < -0.39 is 47.0 Å². The number of benzene rings is 1. The number of carbonyl (C=O) groups is 2. The molecule has 2 atom stereocenters. The molecular weight excluding hydrogens is 457 g/mol. The molecule has 0 radical (unpaired) electrons. The number of hydrogen-bond donors (Lipinski definition) is 0. The van der Waals surface area contributed by atoms with E-state index in [1.54, 1.807) is 6.07 Å². The second kappa shape index (κ2) is 8.31. The SMILES string of the molecule is C=CC(=O)N1CC2(CCN(C(=O)[C@H]3COC(C)(C)C[C@@H]3c3c(F)cccc3Cl)CC2(F)F)C1. The molecule has 1 aromatic carbocycles. The fourth-order valence-corrected chi connectivity index (χ4v) is 5.68. The fraction of sp³-hybridized carbons (Fsp3) is 0.583. The second-order valence-electron chi connectivity index (χ2n) is 10.0. The molecule has 2 amide bonds. The lowest BCUT2D eigenvalue weighted by molar-refractivity contribution is -0.224. The molecule has 0 saturated carbocycles. The van der Waals surface area contributed by atoms with Crippen LogP contribution in [0.2, 0.25) is 5.02 Å². The van der Waals surface area contributed by atoms with Gasteiger partial charge in [-0.25, -0.2) is 13.2 Å². The number of halogens is 4. The molecule has 0 bridgehead atoms. The minimum Gasteiger partial charge on any atom is -0.375 e. The van der Waals surface area contributed by atoms with Crippen molar-refractivity contribution >= 4 is 23.4 Å².